The van der Waals surface area contributed by atoms with Crippen LogP contribution in [0.1, 0.15) is 29.8 Å². The molecule has 6 nitrogen and oxygen atoms in total. The van der Waals surface area contributed by atoms with E-state index in [0.29, 0.717) is 22.1 Å². The van der Waals surface area contributed by atoms with Crippen LogP contribution < -0.4 is 10.2 Å². The molecule has 1 amide bonds. The zero-order valence-electron chi connectivity index (χ0n) is 19.4. The number of hydrogen-bond acceptors (Lipinski definition) is 4. The second kappa shape index (κ2) is 9.12. The predicted octanol–water partition coefficient (Wildman–Crippen LogP) is 6.06. The number of aryl methyl sites for hydroxylation is 1. The standard InChI is InChI=1S/C27H27ClN4O2/c1-16-12-20(32-14-17(2)34-18(3)15-32)9-10-21(16)27(33)29-19-8-11-23(28)22(13-19)26-30-24-6-4-5-7-25(24)31-26/h4-13,17-18H,14-15H2,1-3H3,(H,29,33)(H,30,31). The molecule has 5 rings (SSSR count). The van der Waals surface area contributed by atoms with Crippen LogP contribution in [-0.2, 0) is 4.74 Å². The molecule has 7 heteroatoms. The highest BCUT2D eigenvalue weighted by atomic mass is 35.5. The van der Waals surface area contributed by atoms with Gasteiger partial charge in [-0.1, -0.05) is 23.7 Å². The third-order valence-electron chi connectivity index (χ3n) is 6.11. The first kappa shape index (κ1) is 22.4. The van der Waals surface area contributed by atoms with E-state index in [4.69, 9.17) is 16.3 Å². The molecule has 2 unspecified atom stereocenters. The number of halogens is 1. The van der Waals surface area contributed by atoms with Gasteiger partial charge in [0.2, 0.25) is 0 Å². The first-order chi connectivity index (χ1) is 16.4. The minimum Gasteiger partial charge on any atom is -0.372 e. The molecular formula is C27H27ClN4O2. The van der Waals surface area contributed by atoms with Crippen molar-refractivity contribution in [2.24, 2.45) is 0 Å². The number of carbonyl (C=O) groups is 1. The fourth-order valence-corrected chi connectivity index (χ4v) is 4.76. The smallest absolute Gasteiger partial charge is 0.255 e. The van der Waals surface area contributed by atoms with Crippen molar-refractivity contribution in [1.29, 1.82) is 0 Å². The SMILES string of the molecule is Cc1cc(N2CC(C)OC(C)C2)ccc1C(=O)Nc1ccc(Cl)c(-c2nc3ccccc3[nH]2)c1. The number of ether oxygens (including phenoxy) is 1. The topological polar surface area (TPSA) is 70.2 Å². The van der Waals surface area contributed by atoms with Crippen LogP contribution in [-0.4, -0.2) is 41.2 Å². The number of amides is 1. The second-order valence-corrected chi connectivity index (χ2v) is 9.32. The number of H-pyrrole nitrogens is 1. The van der Waals surface area contributed by atoms with Crippen LogP contribution in [0.2, 0.25) is 5.02 Å². The summed E-state index contributed by atoms with van der Waals surface area (Å²) in [5, 5.41) is 3.57. The Morgan fingerprint density at radius 2 is 1.85 bits per heavy atom. The van der Waals surface area contributed by atoms with Gasteiger partial charge < -0.3 is 19.9 Å². The van der Waals surface area contributed by atoms with E-state index in [-0.39, 0.29) is 18.1 Å². The lowest BCUT2D eigenvalue weighted by Crippen LogP contribution is -2.45. The molecule has 3 aromatic carbocycles. The van der Waals surface area contributed by atoms with Crippen molar-refractivity contribution >= 4 is 39.9 Å². The van der Waals surface area contributed by atoms with Gasteiger partial charge in [0.1, 0.15) is 5.82 Å². The summed E-state index contributed by atoms with van der Waals surface area (Å²) >= 11 is 6.46. The van der Waals surface area contributed by atoms with Crippen molar-refractivity contribution in [3.8, 4) is 11.4 Å². The van der Waals surface area contributed by atoms with Crippen LogP contribution in [0.4, 0.5) is 11.4 Å². The van der Waals surface area contributed by atoms with E-state index in [1.807, 2.05) is 49.4 Å². The van der Waals surface area contributed by atoms with Crippen molar-refractivity contribution in [2.45, 2.75) is 33.0 Å². The molecule has 1 aliphatic heterocycles. The molecular weight excluding hydrogens is 448 g/mol. The number of nitrogens with zero attached hydrogens (tertiary/aromatic N) is 2. The van der Waals surface area contributed by atoms with Gasteiger partial charge in [0.05, 0.1) is 28.3 Å². The zero-order valence-corrected chi connectivity index (χ0v) is 20.2. The quantitative estimate of drug-likeness (QED) is 0.377. The summed E-state index contributed by atoms with van der Waals surface area (Å²) in [6.45, 7) is 7.81. The maximum Gasteiger partial charge on any atom is 0.255 e. The molecule has 2 atom stereocenters. The minimum atomic E-state index is -0.161. The number of nitrogens with one attached hydrogen (secondary N) is 2. The number of morpholine rings is 1. The maximum atomic E-state index is 13.1. The summed E-state index contributed by atoms with van der Waals surface area (Å²) in [6.07, 6.45) is 0.357. The fraction of sp³-hybridized carbons (Fsp3) is 0.259. The molecule has 1 fully saturated rings. The van der Waals surface area contributed by atoms with E-state index < -0.39 is 0 Å². The molecule has 0 aliphatic carbocycles. The lowest BCUT2D eigenvalue weighted by molar-refractivity contribution is -0.00522. The van der Waals surface area contributed by atoms with Crippen LogP contribution in [0.3, 0.4) is 0 Å². The second-order valence-electron chi connectivity index (χ2n) is 8.91. The Bertz CT molecular complexity index is 1320. The molecule has 1 aliphatic rings. The molecule has 0 spiro atoms. The van der Waals surface area contributed by atoms with Crippen molar-refractivity contribution in [1.82, 2.24) is 9.97 Å². The first-order valence-electron chi connectivity index (χ1n) is 11.4. The number of hydrogen-bond donors (Lipinski definition) is 2. The predicted molar refractivity (Wildman–Crippen MR) is 138 cm³/mol. The molecule has 2 heterocycles. The van der Waals surface area contributed by atoms with Gasteiger partial charge in [-0.3, -0.25) is 4.79 Å². The van der Waals surface area contributed by atoms with Crippen LogP contribution in [0.5, 0.6) is 0 Å². The fourth-order valence-electron chi connectivity index (χ4n) is 4.55. The summed E-state index contributed by atoms with van der Waals surface area (Å²) < 4.78 is 5.84. The zero-order chi connectivity index (χ0) is 23.8. The Morgan fingerprint density at radius 3 is 2.59 bits per heavy atom. The number of carbonyl (C=O) groups excluding carboxylic acids is 1. The first-order valence-corrected chi connectivity index (χ1v) is 11.8. The number of rotatable bonds is 4. The van der Waals surface area contributed by atoms with E-state index >= 15 is 0 Å². The Labute approximate surface area is 203 Å². The van der Waals surface area contributed by atoms with Gasteiger partial charge in [-0.25, -0.2) is 4.98 Å². The van der Waals surface area contributed by atoms with Crippen molar-refractivity contribution < 1.29 is 9.53 Å². The van der Waals surface area contributed by atoms with Gasteiger partial charge in [0.15, 0.2) is 0 Å². The summed E-state index contributed by atoms with van der Waals surface area (Å²) in [5.74, 6) is 0.502. The van der Waals surface area contributed by atoms with Gasteiger partial charge in [0.25, 0.3) is 5.91 Å². The molecule has 174 valence electrons. The van der Waals surface area contributed by atoms with E-state index in [2.05, 4.69) is 40.1 Å². The number of fused-ring (bicyclic) bond motifs is 1. The Kier molecular flexibility index (Phi) is 6.02. The van der Waals surface area contributed by atoms with E-state index in [1.165, 1.54) is 0 Å². The van der Waals surface area contributed by atoms with Crippen molar-refractivity contribution in [3.63, 3.8) is 0 Å². The van der Waals surface area contributed by atoms with Crippen molar-refractivity contribution in [3.05, 3.63) is 76.8 Å². The molecule has 1 saturated heterocycles. The molecule has 34 heavy (non-hydrogen) atoms. The monoisotopic (exact) mass is 474 g/mol. The number of anilines is 2. The molecule has 1 aromatic heterocycles. The van der Waals surface area contributed by atoms with E-state index in [0.717, 1.165) is 40.9 Å². The lowest BCUT2D eigenvalue weighted by Gasteiger charge is -2.37. The maximum absolute atomic E-state index is 13.1. The number of para-hydroxylation sites is 2. The summed E-state index contributed by atoms with van der Waals surface area (Å²) in [7, 11) is 0. The summed E-state index contributed by atoms with van der Waals surface area (Å²) in [6, 6.07) is 19.2. The van der Waals surface area contributed by atoms with Crippen molar-refractivity contribution in [2.75, 3.05) is 23.3 Å². The van der Waals surface area contributed by atoms with E-state index in [1.54, 1.807) is 12.1 Å². The Balaban J connectivity index is 1.36. The Morgan fingerprint density at radius 1 is 1.09 bits per heavy atom. The highest BCUT2D eigenvalue weighted by Gasteiger charge is 2.23. The summed E-state index contributed by atoms with van der Waals surface area (Å²) in [4.78, 5) is 23.3. The Hall–Kier alpha value is -3.35. The van der Waals surface area contributed by atoms with Crippen LogP contribution in [0.15, 0.2) is 60.7 Å². The molecule has 0 saturated carbocycles. The number of aromatic nitrogens is 2. The minimum absolute atomic E-state index is 0.161. The van der Waals surface area contributed by atoms with Gasteiger partial charge in [-0.05, 0) is 74.9 Å². The van der Waals surface area contributed by atoms with Crippen LogP contribution in [0.25, 0.3) is 22.4 Å². The van der Waals surface area contributed by atoms with Crippen LogP contribution >= 0.6 is 11.6 Å². The molecule has 4 aromatic rings. The highest BCUT2D eigenvalue weighted by Crippen LogP contribution is 2.31. The average Bonchev–Trinajstić information content (AvgIpc) is 3.23. The molecule has 0 bridgehead atoms. The number of benzene rings is 3. The molecule has 0 radical (unpaired) electrons. The highest BCUT2D eigenvalue weighted by molar-refractivity contribution is 6.33. The van der Waals surface area contributed by atoms with Gasteiger partial charge in [0, 0.05) is 35.6 Å². The normalized spacial score (nSPS) is 18.3. The number of aromatic amines is 1. The average molecular weight is 475 g/mol. The van der Waals surface area contributed by atoms with Gasteiger partial charge >= 0.3 is 0 Å². The van der Waals surface area contributed by atoms with Crippen LogP contribution in [0, 0.1) is 6.92 Å². The third-order valence-corrected chi connectivity index (χ3v) is 6.44. The largest absolute Gasteiger partial charge is 0.372 e. The van der Waals surface area contributed by atoms with Gasteiger partial charge in [-0.2, -0.15) is 0 Å². The third kappa shape index (κ3) is 4.52. The number of imidazole rings is 1. The lowest BCUT2D eigenvalue weighted by atomic mass is 10.1. The molecule has 2 N–H and O–H groups in total. The van der Waals surface area contributed by atoms with Gasteiger partial charge in [-0.15, -0.1) is 0 Å². The van der Waals surface area contributed by atoms with E-state index in [9.17, 15) is 4.79 Å². The summed E-state index contributed by atoms with van der Waals surface area (Å²) in [5.41, 5.74) is 5.86.